The summed E-state index contributed by atoms with van der Waals surface area (Å²) >= 11 is 5.91. The van der Waals surface area contributed by atoms with Gasteiger partial charge in [0.15, 0.2) is 5.76 Å². The van der Waals surface area contributed by atoms with Crippen molar-refractivity contribution in [3.05, 3.63) is 81.4 Å². The highest BCUT2D eigenvalue weighted by atomic mass is 35.5. The third-order valence-electron chi connectivity index (χ3n) is 4.57. The number of rotatable bonds is 6. The Balaban J connectivity index is 1.70. The van der Waals surface area contributed by atoms with Crippen LogP contribution in [-0.2, 0) is 11.2 Å². The second-order valence-electron chi connectivity index (χ2n) is 7.30. The van der Waals surface area contributed by atoms with Gasteiger partial charge in [0.25, 0.3) is 5.56 Å². The first-order valence-electron chi connectivity index (χ1n) is 9.69. The third-order valence-corrected chi connectivity index (χ3v) is 4.82. The van der Waals surface area contributed by atoms with Crippen molar-refractivity contribution in [2.75, 3.05) is 5.32 Å². The van der Waals surface area contributed by atoms with E-state index in [1.807, 2.05) is 13.8 Å². The van der Waals surface area contributed by atoms with E-state index in [0.717, 1.165) is 5.56 Å². The standard InChI is InChI=1S/C22H20ClN5O3/c1-13(2)16-12-21(30)26-22(24-16)28-19(11-17(27-28)18-4-3-9-31-18)25-20(29)10-14-5-7-15(23)8-6-14/h3-9,11-13H,10H2,1-2H3,(H,25,29)(H,24,26,30). The van der Waals surface area contributed by atoms with E-state index in [1.165, 1.54) is 17.0 Å². The lowest BCUT2D eigenvalue weighted by Gasteiger charge is -2.10. The molecule has 1 amide bonds. The molecule has 0 saturated carbocycles. The number of nitrogens with one attached hydrogen (secondary N) is 2. The number of nitrogens with zero attached hydrogens (tertiary/aromatic N) is 3. The number of anilines is 1. The number of benzene rings is 1. The minimum atomic E-state index is -0.304. The van der Waals surface area contributed by atoms with Crippen molar-refractivity contribution in [1.82, 2.24) is 19.7 Å². The second kappa shape index (κ2) is 8.61. The Labute approximate surface area is 182 Å². The van der Waals surface area contributed by atoms with E-state index in [1.54, 1.807) is 42.5 Å². The number of hydrogen-bond acceptors (Lipinski definition) is 5. The summed E-state index contributed by atoms with van der Waals surface area (Å²) in [6, 6.07) is 13.7. The monoisotopic (exact) mass is 437 g/mol. The summed E-state index contributed by atoms with van der Waals surface area (Å²) in [5.41, 5.74) is 1.62. The summed E-state index contributed by atoms with van der Waals surface area (Å²) in [5.74, 6) is 0.875. The summed E-state index contributed by atoms with van der Waals surface area (Å²) in [6.07, 6.45) is 1.68. The molecule has 0 bridgehead atoms. The molecule has 0 aliphatic rings. The third kappa shape index (κ3) is 4.75. The SMILES string of the molecule is CC(C)c1cc(=O)[nH]c(-n2nc(-c3ccco3)cc2NC(=O)Cc2ccc(Cl)cc2)n1. The van der Waals surface area contributed by atoms with Crippen LogP contribution in [0.15, 0.2) is 64.0 Å². The molecular formula is C22H20ClN5O3. The molecule has 1 aromatic carbocycles. The molecule has 4 rings (SSSR count). The van der Waals surface area contributed by atoms with E-state index in [-0.39, 0.29) is 29.8 Å². The van der Waals surface area contributed by atoms with Crippen molar-refractivity contribution in [2.24, 2.45) is 0 Å². The number of furan rings is 1. The van der Waals surface area contributed by atoms with Gasteiger partial charge in [-0.1, -0.05) is 37.6 Å². The second-order valence-corrected chi connectivity index (χ2v) is 7.74. The van der Waals surface area contributed by atoms with Gasteiger partial charge in [-0.3, -0.25) is 14.6 Å². The first kappa shape index (κ1) is 20.6. The highest BCUT2D eigenvalue weighted by Crippen LogP contribution is 2.24. The minimum absolute atomic E-state index is 0.0455. The molecule has 3 heterocycles. The van der Waals surface area contributed by atoms with E-state index in [4.69, 9.17) is 16.0 Å². The molecular weight excluding hydrogens is 418 g/mol. The van der Waals surface area contributed by atoms with Gasteiger partial charge < -0.3 is 9.73 Å². The van der Waals surface area contributed by atoms with Gasteiger partial charge in [-0.2, -0.15) is 9.78 Å². The van der Waals surface area contributed by atoms with Crippen LogP contribution >= 0.6 is 11.6 Å². The smallest absolute Gasteiger partial charge is 0.252 e. The van der Waals surface area contributed by atoms with Crippen molar-refractivity contribution in [2.45, 2.75) is 26.2 Å². The van der Waals surface area contributed by atoms with Crippen LogP contribution in [0.3, 0.4) is 0 Å². The van der Waals surface area contributed by atoms with Crippen LogP contribution in [0.25, 0.3) is 17.4 Å². The molecule has 158 valence electrons. The Kier molecular flexibility index (Phi) is 5.73. The number of carbonyl (C=O) groups excluding carboxylic acids is 1. The Hall–Kier alpha value is -3.65. The van der Waals surface area contributed by atoms with E-state index >= 15 is 0 Å². The van der Waals surface area contributed by atoms with Crippen LogP contribution in [0.2, 0.25) is 5.02 Å². The summed E-state index contributed by atoms with van der Waals surface area (Å²) in [4.78, 5) is 32.1. The number of aromatic amines is 1. The molecule has 0 atom stereocenters. The van der Waals surface area contributed by atoms with Crippen LogP contribution < -0.4 is 10.9 Å². The number of aromatic nitrogens is 4. The molecule has 31 heavy (non-hydrogen) atoms. The molecule has 0 spiro atoms. The molecule has 0 saturated heterocycles. The molecule has 9 heteroatoms. The molecule has 0 aliphatic heterocycles. The predicted molar refractivity (Wildman–Crippen MR) is 118 cm³/mol. The molecule has 8 nitrogen and oxygen atoms in total. The van der Waals surface area contributed by atoms with Crippen LogP contribution in [0.1, 0.15) is 31.0 Å². The lowest BCUT2D eigenvalue weighted by molar-refractivity contribution is -0.115. The molecule has 2 N–H and O–H groups in total. The van der Waals surface area contributed by atoms with Gasteiger partial charge >= 0.3 is 0 Å². The van der Waals surface area contributed by atoms with Crippen LogP contribution in [-0.4, -0.2) is 25.7 Å². The zero-order chi connectivity index (χ0) is 22.0. The maximum Gasteiger partial charge on any atom is 0.252 e. The summed E-state index contributed by atoms with van der Waals surface area (Å²) in [6.45, 7) is 3.88. The van der Waals surface area contributed by atoms with Gasteiger partial charge in [0.05, 0.1) is 18.4 Å². The van der Waals surface area contributed by atoms with Gasteiger partial charge in [-0.25, -0.2) is 4.98 Å². The first-order chi connectivity index (χ1) is 14.9. The predicted octanol–water partition coefficient (Wildman–Crippen LogP) is 4.17. The van der Waals surface area contributed by atoms with Crippen molar-refractivity contribution in [1.29, 1.82) is 0 Å². The Morgan fingerprint density at radius 1 is 1.23 bits per heavy atom. The zero-order valence-corrected chi connectivity index (χ0v) is 17.7. The number of carbonyl (C=O) groups is 1. The normalized spacial score (nSPS) is 11.1. The highest BCUT2D eigenvalue weighted by molar-refractivity contribution is 6.30. The summed E-state index contributed by atoms with van der Waals surface area (Å²) in [7, 11) is 0. The fourth-order valence-corrected chi connectivity index (χ4v) is 3.14. The van der Waals surface area contributed by atoms with E-state index in [9.17, 15) is 9.59 Å². The largest absolute Gasteiger partial charge is 0.463 e. The van der Waals surface area contributed by atoms with Gasteiger partial charge in [0, 0.05) is 17.2 Å². The summed E-state index contributed by atoms with van der Waals surface area (Å²) in [5, 5.41) is 7.94. The average Bonchev–Trinajstić information content (AvgIpc) is 3.39. The van der Waals surface area contributed by atoms with Crippen molar-refractivity contribution < 1.29 is 9.21 Å². The van der Waals surface area contributed by atoms with E-state index in [0.29, 0.717) is 28.0 Å². The van der Waals surface area contributed by atoms with E-state index in [2.05, 4.69) is 20.4 Å². The van der Waals surface area contributed by atoms with Crippen molar-refractivity contribution >= 4 is 23.3 Å². The van der Waals surface area contributed by atoms with Gasteiger partial charge in [-0.05, 0) is 35.7 Å². The first-order valence-corrected chi connectivity index (χ1v) is 10.1. The van der Waals surface area contributed by atoms with Crippen molar-refractivity contribution in [3.63, 3.8) is 0 Å². The van der Waals surface area contributed by atoms with Gasteiger partial charge in [-0.15, -0.1) is 0 Å². The fraction of sp³-hybridized carbons (Fsp3) is 0.182. The maximum absolute atomic E-state index is 12.7. The van der Waals surface area contributed by atoms with Gasteiger partial charge in [0.2, 0.25) is 11.9 Å². The fourth-order valence-electron chi connectivity index (χ4n) is 3.01. The Morgan fingerprint density at radius 2 is 2.00 bits per heavy atom. The number of amides is 1. The molecule has 0 aliphatic carbocycles. The molecule has 0 fully saturated rings. The quantitative estimate of drug-likeness (QED) is 0.470. The molecule has 3 aromatic heterocycles. The topological polar surface area (TPSA) is 106 Å². The van der Waals surface area contributed by atoms with E-state index < -0.39 is 0 Å². The zero-order valence-electron chi connectivity index (χ0n) is 16.9. The maximum atomic E-state index is 12.7. The molecule has 0 radical (unpaired) electrons. The van der Waals surface area contributed by atoms with Crippen molar-refractivity contribution in [3.8, 4) is 17.4 Å². The van der Waals surface area contributed by atoms with Crippen LogP contribution in [0, 0.1) is 0 Å². The molecule has 4 aromatic rings. The van der Waals surface area contributed by atoms with Crippen LogP contribution in [0.4, 0.5) is 5.82 Å². The Morgan fingerprint density at radius 3 is 2.68 bits per heavy atom. The number of hydrogen-bond donors (Lipinski definition) is 2. The summed E-state index contributed by atoms with van der Waals surface area (Å²) < 4.78 is 6.82. The molecule has 0 unspecified atom stereocenters. The van der Waals surface area contributed by atoms with Crippen LogP contribution in [0.5, 0.6) is 0 Å². The minimum Gasteiger partial charge on any atom is -0.463 e. The lowest BCUT2D eigenvalue weighted by Crippen LogP contribution is -2.20. The highest BCUT2D eigenvalue weighted by Gasteiger charge is 2.18. The number of halogens is 1. The lowest BCUT2D eigenvalue weighted by atomic mass is 10.1. The van der Waals surface area contributed by atoms with Gasteiger partial charge in [0.1, 0.15) is 11.5 Å². The Bertz CT molecular complexity index is 1260. The number of H-pyrrole nitrogens is 1. The average molecular weight is 438 g/mol.